The van der Waals surface area contributed by atoms with E-state index in [9.17, 15) is 14.4 Å². The van der Waals surface area contributed by atoms with Crippen molar-refractivity contribution in [2.24, 2.45) is 11.8 Å². The maximum Gasteiger partial charge on any atom is 0.318 e. The Morgan fingerprint density at radius 2 is 1.75 bits per heavy atom. The van der Waals surface area contributed by atoms with Gasteiger partial charge in [-0.25, -0.2) is 4.68 Å². The average molecular weight is 494 g/mol. The predicted octanol–water partition coefficient (Wildman–Crippen LogP) is 3.64. The van der Waals surface area contributed by atoms with E-state index in [0.717, 1.165) is 5.56 Å². The smallest absolute Gasteiger partial charge is 0.318 e. The van der Waals surface area contributed by atoms with Gasteiger partial charge in [0, 0.05) is 12.6 Å². The number of esters is 1. The van der Waals surface area contributed by atoms with Gasteiger partial charge in [-0.15, -0.1) is 5.10 Å². The van der Waals surface area contributed by atoms with Crippen LogP contribution in [0.1, 0.15) is 38.4 Å². The van der Waals surface area contributed by atoms with Gasteiger partial charge in [0.2, 0.25) is 11.8 Å². The van der Waals surface area contributed by atoms with Gasteiger partial charge in [0.05, 0.1) is 25.5 Å². The van der Waals surface area contributed by atoms with Gasteiger partial charge in [-0.1, -0.05) is 43.3 Å². The molecule has 1 heterocycles. The number of nitrogens with one attached hydrogen (secondary N) is 2. The van der Waals surface area contributed by atoms with Crippen LogP contribution in [0.4, 0.5) is 11.4 Å². The zero-order valence-corrected chi connectivity index (χ0v) is 20.9. The van der Waals surface area contributed by atoms with E-state index < -0.39 is 11.9 Å². The fourth-order valence-corrected chi connectivity index (χ4v) is 3.55. The molecular formula is C26H31N5O5. The molecule has 1 unspecified atom stereocenters. The van der Waals surface area contributed by atoms with Crippen LogP contribution in [0.5, 0.6) is 5.75 Å². The molecule has 3 aromatic rings. The van der Waals surface area contributed by atoms with Gasteiger partial charge in [0.15, 0.2) is 0 Å². The quantitative estimate of drug-likeness (QED) is 0.309. The molecule has 0 spiro atoms. The fourth-order valence-electron chi connectivity index (χ4n) is 3.55. The molecule has 1 atom stereocenters. The highest BCUT2D eigenvalue weighted by Crippen LogP contribution is 2.24. The Morgan fingerprint density at radius 1 is 1.03 bits per heavy atom. The number of para-hydroxylation sites is 2. The van der Waals surface area contributed by atoms with Crippen molar-refractivity contribution in [3.05, 3.63) is 66.0 Å². The van der Waals surface area contributed by atoms with Gasteiger partial charge in [-0.05, 0) is 42.2 Å². The highest BCUT2D eigenvalue weighted by Gasteiger charge is 2.28. The van der Waals surface area contributed by atoms with Gasteiger partial charge in [0.1, 0.15) is 24.0 Å². The third-order valence-corrected chi connectivity index (χ3v) is 5.23. The van der Waals surface area contributed by atoms with Crippen molar-refractivity contribution < 1.29 is 23.9 Å². The number of hydrogen-bond donors (Lipinski definition) is 2. The van der Waals surface area contributed by atoms with E-state index in [0.29, 0.717) is 35.8 Å². The molecule has 0 aliphatic heterocycles. The van der Waals surface area contributed by atoms with Crippen LogP contribution in [0.2, 0.25) is 0 Å². The van der Waals surface area contributed by atoms with Crippen LogP contribution in [0.3, 0.4) is 0 Å². The third kappa shape index (κ3) is 7.66. The number of anilines is 2. The largest absolute Gasteiger partial charge is 0.485 e. The molecule has 0 aliphatic rings. The van der Waals surface area contributed by atoms with Crippen LogP contribution in [0, 0.1) is 11.8 Å². The summed E-state index contributed by atoms with van der Waals surface area (Å²) in [6.07, 6.45) is 2.19. The molecule has 10 heteroatoms. The summed E-state index contributed by atoms with van der Waals surface area (Å²) in [6, 6.07) is 14.5. The lowest BCUT2D eigenvalue weighted by Crippen LogP contribution is -2.31. The highest BCUT2D eigenvalue weighted by atomic mass is 16.5. The second-order valence-electron chi connectivity index (χ2n) is 8.76. The number of rotatable bonds is 11. The van der Waals surface area contributed by atoms with Crippen LogP contribution < -0.4 is 15.4 Å². The SMILES string of the molecule is COC(=O)C(CC(C)C)C(=O)Nc1ccc(Cn2cc(COc3ccccc3NC(C)=O)nn2)cc1. The Kier molecular flexibility index (Phi) is 9.15. The Balaban J connectivity index is 1.56. The molecule has 2 aromatic carbocycles. The molecule has 2 amide bonds. The number of carbonyl (C=O) groups excluding carboxylic acids is 3. The van der Waals surface area contributed by atoms with E-state index in [2.05, 4.69) is 20.9 Å². The van der Waals surface area contributed by atoms with E-state index in [-0.39, 0.29) is 24.3 Å². The predicted molar refractivity (Wildman–Crippen MR) is 134 cm³/mol. The van der Waals surface area contributed by atoms with E-state index in [1.54, 1.807) is 35.1 Å². The second-order valence-corrected chi connectivity index (χ2v) is 8.76. The van der Waals surface area contributed by atoms with Gasteiger partial charge in [0.25, 0.3) is 0 Å². The third-order valence-electron chi connectivity index (χ3n) is 5.23. The van der Waals surface area contributed by atoms with Crippen LogP contribution in [0.25, 0.3) is 0 Å². The Bertz CT molecular complexity index is 1190. The van der Waals surface area contributed by atoms with Crippen LogP contribution in [-0.4, -0.2) is 39.9 Å². The van der Waals surface area contributed by atoms with Gasteiger partial charge in [-0.2, -0.15) is 0 Å². The van der Waals surface area contributed by atoms with E-state index in [4.69, 9.17) is 9.47 Å². The first-order valence-corrected chi connectivity index (χ1v) is 11.6. The van der Waals surface area contributed by atoms with Crippen molar-refractivity contribution in [1.29, 1.82) is 0 Å². The normalized spacial score (nSPS) is 11.6. The standard InChI is InChI=1S/C26H31N5O5/c1-17(2)13-22(26(34)35-4)25(33)28-20-11-9-19(10-12-20)14-31-15-21(29-30-31)16-36-24-8-6-5-7-23(24)27-18(3)32/h5-12,15,17,22H,13-14,16H2,1-4H3,(H,27,32)(H,28,33). The number of carbonyl (C=O) groups is 3. The monoisotopic (exact) mass is 493 g/mol. The first kappa shape index (κ1) is 26.4. The summed E-state index contributed by atoms with van der Waals surface area (Å²) >= 11 is 0. The molecule has 0 bridgehead atoms. The lowest BCUT2D eigenvalue weighted by molar-refractivity contribution is -0.149. The maximum absolute atomic E-state index is 12.6. The second kappa shape index (κ2) is 12.5. The molecule has 0 aliphatic carbocycles. The lowest BCUT2D eigenvalue weighted by Gasteiger charge is -2.16. The summed E-state index contributed by atoms with van der Waals surface area (Å²) in [5.74, 6) is -1.24. The molecule has 1 aromatic heterocycles. The topological polar surface area (TPSA) is 124 Å². The summed E-state index contributed by atoms with van der Waals surface area (Å²) in [4.78, 5) is 36.0. The minimum absolute atomic E-state index is 0.173. The van der Waals surface area contributed by atoms with E-state index >= 15 is 0 Å². The fraction of sp³-hybridized carbons (Fsp3) is 0.346. The van der Waals surface area contributed by atoms with E-state index in [1.165, 1.54) is 14.0 Å². The Labute approximate surface area is 210 Å². The van der Waals surface area contributed by atoms with Crippen molar-refractivity contribution >= 4 is 29.2 Å². The number of nitrogens with zero attached hydrogens (tertiary/aromatic N) is 3. The molecule has 3 rings (SSSR count). The molecule has 0 saturated carbocycles. The van der Waals surface area contributed by atoms with Crippen LogP contribution in [-0.2, 0) is 32.3 Å². The number of ether oxygens (including phenoxy) is 2. The number of benzene rings is 2. The molecule has 0 fully saturated rings. The number of hydrogen-bond acceptors (Lipinski definition) is 7. The van der Waals surface area contributed by atoms with Gasteiger partial charge >= 0.3 is 5.97 Å². The van der Waals surface area contributed by atoms with Crippen molar-refractivity contribution in [1.82, 2.24) is 15.0 Å². The number of methoxy groups -OCH3 is 1. The summed E-state index contributed by atoms with van der Waals surface area (Å²) in [7, 11) is 1.28. The molecule has 0 saturated heterocycles. The molecule has 36 heavy (non-hydrogen) atoms. The first-order chi connectivity index (χ1) is 17.2. The molecule has 2 N–H and O–H groups in total. The Hall–Kier alpha value is -4.21. The van der Waals surface area contributed by atoms with E-state index in [1.807, 2.05) is 38.1 Å². The summed E-state index contributed by atoms with van der Waals surface area (Å²) < 4.78 is 12.3. The first-order valence-electron chi connectivity index (χ1n) is 11.6. The zero-order valence-electron chi connectivity index (χ0n) is 20.9. The molecule has 190 valence electrons. The van der Waals surface area contributed by atoms with Crippen LogP contribution in [0.15, 0.2) is 54.7 Å². The Morgan fingerprint density at radius 3 is 2.42 bits per heavy atom. The number of aromatic nitrogens is 3. The minimum Gasteiger partial charge on any atom is -0.485 e. The molecular weight excluding hydrogens is 462 g/mol. The highest BCUT2D eigenvalue weighted by molar-refractivity contribution is 6.04. The molecule has 10 nitrogen and oxygen atoms in total. The lowest BCUT2D eigenvalue weighted by atomic mass is 9.96. The zero-order chi connectivity index (χ0) is 26.1. The van der Waals surface area contributed by atoms with Crippen molar-refractivity contribution in [3.63, 3.8) is 0 Å². The maximum atomic E-state index is 12.6. The minimum atomic E-state index is -0.851. The van der Waals surface area contributed by atoms with Crippen molar-refractivity contribution in [3.8, 4) is 5.75 Å². The summed E-state index contributed by atoms with van der Waals surface area (Å²) in [5, 5.41) is 13.8. The summed E-state index contributed by atoms with van der Waals surface area (Å²) in [6.45, 7) is 6.00. The van der Waals surface area contributed by atoms with Crippen molar-refractivity contribution in [2.45, 2.75) is 40.3 Å². The van der Waals surface area contributed by atoms with Crippen molar-refractivity contribution in [2.75, 3.05) is 17.7 Å². The average Bonchev–Trinajstić information content (AvgIpc) is 3.29. The van der Waals surface area contributed by atoms with Crippen LogP contribution >= 0.6 is 0 Å². The van der Waals surface area contributed by atoms with Gasteiger partial charge < -0.3 is 20.1 Å². The number of amides is 2. The molecule has 0 radical (unpaired) electrons. The van der Waals surface area contributed by atoms with Gasteiger partial charge in [-0.3, -0.25) is 14.4 Å². The summed E-state index contributed by atoms with van der Waals surface area (Å²) in [5.41, 5.74) is 2.77.